The van der Waals surface area contributed by atoms with Crippen molar-refractivity contribution in [3.05, 3.63) is 0 Å². The van der Waals surface area contributed by atoms with E-state index < -0.39 is 5.60 Å². The Balaban J connectivity index is 2.66. The number of ether oxygens (including phenoxy) is 1. The molecule has 1 atom stereocenters. The van der Waals surface area contributed by atoms with Crippen molar-refractivity contribution in [3.63, 3.8) is 0 Å². The quantitative estimate of drug-likeness (QED) is 0.788. The van der Waals surface area contributed by atoms with E-state index in [-0.39, 0.29) is 11.5 Å². The van der Waals surface area contributed by atoms with Crippen LogP contribution in [0.5, 0.6) is 0 Å². The zero-order valence-electron chi connectivity index (χ0n) is 12.6. The second-order valence-electron chi connectivity index (χ2n) is 6.62. The molecule has 0 saturated heterocycles. The molecule has 0 aliphatic carbocycles. The first kappa shape index (κ1) is 15.5. The summed E-state index contributed by atoms with van der Waals surface area (Å²) in [5.74, 6) is 0.749. The van der Waals surface area contributed by atoms with Crippen molar-refractivity contribution in [3.8, 4) is 0 Å². The smallest absolute Gasteiger partial charge is 0.186 e. The highest BCUT2D eigenvalue weighted by Crippen LogP contribution is 2.30. The Morgan fingerprint density at radius 2 is 1.78 bits per heavy atom. The van der Waals surface area contributed by atoms with Gasteiger partial charge in [0.2, 0.25) is 0 Å². The minimum atomic E-state index is -0.630. The SMILES string of the molecule is CCCC(O)(CCC)CC1=N[C@H](C(C)(C)C)CO1. The summed E-state index contributed by atoms with van der Waals surface area (Å²) in [7, 11) is 0. The van der Waals surface area contributed by atoms with E-state index in [1.54, 1.807) is 0 Å². The van der Waals surface area contributed by atoms with Crippen molar-refractivity contribution < 1.29 is 9.84 Å². The van der Waals surface area contributed by atoms with E-state index >= 15 is 0 Å². The molecule has 0 aromatic heterocycles. The van der Waals surface area contributed by atoms with Gasteiger partial charge in [-0.3, -0.25) is 0 Å². The van der Waals surface area contributed by atoms with Gasteiger partial charge in [0.05, 0.1) is 18.1 Å². The number of rotatable bonds is 6. The first-order valence-electron chi connectivity index (χ1n) is 7.22. The fourth-order valence-corrected chi connectivity index (χ4v) is 2.48. The summed E-state index contributed by atoms with van der Waals surface area (Å²) >= 11 is 0. The molecule has 0 spiro atoms. The number of aliphatic hydroxyl groups is 1. The van der Waals surface area contributed by atoms with Crippen LogP contribution < -0.4 is 0 Å². The molecule has 0 bridgehead atoms. The second-order valence-corrected chi connectivity index (χ2v) is 6.62. The highest BCUT2D eigenvalue weighted by atomic mass is 16.5. The van der Waals surface area contributed by atoms with Crippen molar-refractivity contribution in [1.29, 1.82) is 0 Å². The lowest BCUT2D eigenvalue weighted by Gasteiger charge is -2.26. The van der Waals surface area contributed by atoms with Crippen LogP contribution in [0.3, 0.4) is 0 Å². The lowest BCUT2D eigenvalue weighted by atomic mass is 9.88. The molecule has 1 rings (SSSR count). The van der Waals surface area contributed by atoms with Gasteiger partial charge in [0, 0.05) is 0 Å². The van der Waals surface area contributed by atoms with Crippen LogP contribution in [0.4, 0.5) is 0 Å². The molecule has 0 amide bonds. The lowest BCUT2D eigenvalue weighted by Crippen LogP contribution is -2.31. The van der Waals surface area contributed by atoms with E-state index in [4.69, 9.17) is 4.74 Å². The molecule has 0 aromatic rings. The molecule has 1 N–H and O–H groups in total. The third-order valence-electron chi connectivity index (χ3n) is 3.62. The van der Waals surface area contributed by atoms with Crippen molar-refractivity contribution in [1.82, 2.24) is 0 Å². The van der Waals surface area contributed by atoms with Gasteiger partial charge >= 0.3 is 0 Å². The molecule has 3 nitrogen and oxygen atoms in total. The van der Waals surface area contributed by atoms with Gasteiger partial charge in [0.25, 0.3) is 0 Å². The van der Waals surface area contributed by atoms with Crippen LogP contribution in [-0.2, 0) is 4.74 Å². The summed E-state index contributed by atoms with van der Waals surface area (Å²) in [6.07, 6.45) is 4.20. The van der Waals surface area contributed by atoms with E-state index in [0.29, 0.717) is 13.0 Å². The zero-order valence-corrected chi connectivity index (χ0v) is 12.6. The molecular formula is C15H29NO2. The first-order valence-corrected chi connectivity index (χ1v) is 7.22. The molecule has 106 valence electrons. The van der Waals surface area contributed by atoms with Gasteiger partial charge < -0.3 is 9.84 Å². The minimum Gasteiger partial charge on any atom is -0.479 e. The standard InChI is InChI=1S/C15H29NO2/c1-6-8-15(17,9-7-2)10-13-16-12(11-18-13)14(3,4)5/h12,17H,6-11H2,1-5H3/t12-/m0/s1. The topological polar surface area (TPSA) is 41.8 Å². The van der Waals surface area contributed by atoms with Gasteiger partial charge in [0.15, 0.2) is 5.90 Å². The number of aliphatic imine (C=N–C) groups is 1. The van der Waals surface area contributed by atoms with Crippen molar-refractivity contribution in [2.45, 2.75) is 78.4 Å². The molecule has 0 radical (unpaired) electrons. The molecule has 0 unspecified atom stereocenters. The predicted octanol–water partition coefficient (Wildman–Crippen LogP) is 3.55. The Kier molecular flexibility index (Phi) is 5.20. The van der Waals surface area contributed by atoms with E-state index in [9.17, 15) is 5.11 Å². The molecule has 1 heterocycles. The Morgan fingerprint density at radius 1 is 1.22 bits per heavy atom. The van der Waals surface area contributed by atoms with Gasteiger partial charge in [-0.2, -0.15) is 0 Å². The number of hydrogen-bond acceptors (Lipinski definition) is 3. The largest absolute Gasteiger partial charge is 0.479 e. The molecule has 1 aliphatic heterocycles. The first-order chi connectivity index (χ1) is 8.30. The summed E-state index contributed by atoms with van der Waals surface area (Å²) in [5.41, 5.74) is -0.496. The summed E-state index contributed by atoms with van der Waals surface area (Å²) < 4.78 is 5.67. The van der Waals surface area contributed by atoms with E-state index in [2.05, 4.69) is 39.6 Å². The molecule has 3 heteroatoms. The molecule has 0 fully saturated rings. The van der Waals surface area contributed by atoms with Gasteiger partial charge in [-0.1, -0.05) is 47.5 Å². The molecule has 1 aliphatic rings. The summed E-state index contributed by atoms with van der Waals surface area (Å²) in [6, 6.07) is 0.222. The van der Waals surface area contributed by atoms with Crippen molar-refractivity contribution in [2.24, 2.45) is 10.4 Å². The number of nitrogens with zero attached hydrogens (tertiary/aromatic N) is 1. The van der Waals surface area contributed by atoms with E-state index in [1.807, 2.05) is 0 Å². The van der Waals surface area contributed by atoms with Crippen LogP contribution in [-0.4, -0.2) is 29.3 Å². The normalized spacial score (nSPS) is 20.8. The monoisotopic (exact) mass is 255 g/mol. The third-order valence-corrected chi connectivity index (χ3v) is 3.62. The second kappa shape index (κ2) is 6.05. The Morgan fingerprint density at radius 3 is 2.17 bits per heavy atom. The van der Waals surface area contributed by atoms with Crippen LogP contribution in [0, 0.1) is 5.41 Å². The van der Waals surface area contributed by atoms with Crippen LogP contribution >= 0.6 is 0 Å². The maximum atomic E-state index is 10.6. The van der Waals surface area contributed by atoms with Crippen LogP contribution in [0.15, 0.2) is 4.99 Å². The Hall–Kier alpha value is -0.570. The molecule has 0 saturated carbocycles. The third kappa shape index (κ3) is 4.27. The Bertz CT molecular complexity index is 285. The predicted molar refractivity (Wildman–Crippen MR) is 76.0 cm³/mol. The van der Waals surface area contributed by atoms with Gasteiger partial charge in [0.1, 0.15) is 6.61 Å². The number of hydrogen-bond donors (Lipinski definition) is 1. The molecule has 0 aromatic carbocycles. The lowest BCUT2D eigenvalue weighted by molar-refractivity contribution is 0.0240. The van der Waals surface area contributed by atoms with Gasteiger partial charge in [-0.05, 0) is 18.3 Å². The molecule has 18 heavy (non-hydrogen) atoms. The zero-order chi connectivity index (χ0) is 13.8. The van der Waals surface area contributed by atoms with E-state index in [1.165, 1.54) is 0 Å². The van der Waals surface area contributed by atoms with Gasteiger partial charge in [-0.15, -0.1) is 0 Å². The highest BCUT2D eigenvalue weighted by molar-refractivity contribution is 5.78. The summed E-state index contributed by atoms with van der Waals surface area (Å²) in [5, 5.41) is 10.6. The van der Waals surface area contributed by atoms with Crippen LogP contribution in [0.1, 0.15) is 66.7 Å². The fourth-order valence-electron chi connectivity index (χ4n) is 2.48. The summed E-state index contributed by atoms with van der Waals surface area (Å²) in [6.45, 7) is 11.4. The fraction of sp³-hybridized carbons (Fsp3) is 0.933. The van der Waals surface area contributed by atoms with Crippen LogP contribution in [0.2, 0.25) is 0 Å². The Labute approximate surface area is 112 Å². The van der Waals surface area contributed by atoms with Crippen molar-refractivity contribution in [2.75, 3.05) is 6.61 Å². The minimum absolute atomic E-state index is 0.134. The average molecular weight is 255 g/mol. The van der Waals surface area contributed by atoms with Crippen LogP contribution in [0.25, 0.3) is 0 Å². The van der Waals surface area contributed by atoms with Crippen molar-refractivity contribution >= 4 is 5.90 Å². The van der Waals surface area contributed by atoms with E-state index in [0.717, 1.165) is 31.6 Å². The summed E-state index contributed by atoms with van der Waals surface area (Å²) in [4.78, 5) is 4.64. The molecular weight excluding hydrogens is 226 g/mol. The van der Waals surface area contributed by atoms with Gasteiger partial charge in [-0.25, -0.2) is 4.99 Å². The average Bonchev–Trinajstić information content (AvgIpc) is 2.65. The maximum Gasteiger partial charge on any atom is 0.186 e. The highest BCUT2D eigenvalue weighted by Gasteiger charge is 2.34. The maximum absolute atomic E-state index is 10.6.